The van der Waals surface area contributed by atoms with E-state index >= 15 is 0 Å². The standard InChI is InChI=1S/C13H17N3O3/c1-8(5-14)13(18)16-10-4-9(6-15)2-3-11(10)19-7-12(16)17/h2-4,8H,5-7,14-15H2,1H3. The predicted molar refractivity (Wildman–Crippen MR) is 70.5 cm³/mol. The van der Waals surface area contributed by atoms with Gasteiger partial charge in [0, 0.05) is 19.0 Å². The van der Waals surface area contributed by atoms with Crippen molar-refractivity contribution in [3.05, 3.63) is 23.8 Å². The zero-order chi connectivity index (χ0) is 14.0. The first kappa shape index (κ1) is 13.5. The van der Waals surface area contributed by atoms with Gasteiger partial charge in [0.15, 0.2) is 6.61 Å². The second-order valence-electron chi connectivity index (χ2n) is 4.50. The fraction of sp³-hybridized carbons (Fsp3) is 0.385. The predicted octanol–water partition coefficient (Wildman–Crippen LogP) is -0.00790. The second-order valence-corrected chi connectivity index (χ2v) is 4.50. The lowest BCUT2D eigenvalue weighted by molar-refractivity contribution is -0.130. The molecule has 6 heteroatoms. The summed E-state index contributed by atoms with van der Waals surface area (Å²) < 4.78 is 5.31. The highest BCUT2D eigenvalue weighted by molar-refractivity contribution is 6.17. The fourth-order valence-electron chi connectivity index (χ4n) is 1.89. The molecule has 0 aromatic heterocycles. The van der Waals surface area contributed by atoms with E-state index in [4.69, 9.17) is 16.2 Å². The zero-order valence-corrected chi connectivity index (χ0v) is 10.8. The van der Waals surface area contributed by atoms with Gasteiger partial charge in [0.2, 0.25) is 5.91 Å². The molecule has 0 spiro atoms. The van der Waals surface area contributed by atoms with E-state index < -0.39 is 5.92 Å². The van der Waals surface area contributed by atoms with Crippen LogP contribution in [0.3, 0.4) is 0 Å². The summed E-state index contributed by atoms with van der Waals surface area (Å²) in [5.41, 5.74) is 12.3. The van der Waals surface area contributed by atoms with Crippen molar-refractivity contribution >= 4 is 17.5 Å². The van der Waals surface area contributed by atoms with Crippen LogP contribution in [0, 0.1) is 5.92 Å². The van der Waals surface area contributed by atoms with Crippen LogP contribution < -0.4 is 21.1 Å². The Hall–Kier alpha value is -1.92. The quantitative estimate of drug-likeness (QED) is 0.799. The van der Waals surface area contributed by atoms with Crippen LogP contribution in [0.2, 0.25) is 0 Å². The molecule has 0 saturated carbocycles. The maximum atomic E-state index is 12.2. The Morgan fingerprint density at radius 1 is 1.47 bits per heavy atom. The van der Waals surface area contributed by atoms with Crippen molar-refractivity contribution in [3.63, 3.8) is 0 Å². The number of rotatable bonds is 3. The minimum Gasteiger partial charge on any atom is -0.482 e. The van der Waals surface area contributed by atoms with Crippen molar-refractivity contribution in [2.75, 3.05) is 18.1 Å². The van der Waals surface area contributed by atoms with Crippen LogP contribution in [0.15, 0.2) is 18.2 Å². The summed E-state index contributed by atoms with van der Waals surface area (Å²) in [4.78, 5) is 25.3. The third kappa shape index (κ3) is 2.45. The average Bonchev–Trinajstić information content (AvgIpc) is 2.44. The molecule has 19 heavy (non-hydrogen) atoms. The summed E-state index contributed by atoms with van der Waals surface area (Å²) in [6.07, 6.45) is 0. The van der Waals surface area contributed by atoms with Crippen molar-refractivity contribution in [1.29, 1.82) is 0 Å². The number of hydrogen-bond acceptors (Lipinski definition) is 5. The molecule has 4 N–H and O–H groups in total. The molecule has 1 aromatic carbocycles. The van der Waals surface area contributed by atoms with Crippen molar-refractivity contribution in [2.45, 2.75) is 13.5 Å². The molecule has 2 rings (SSSR count). The van der Waals surface area contributed by atoms with E-state index in [0.29, 0.717) is 18.0 Å². The highest BCUT2D eigenvalue weighted by Gasteiger charge is 2.33. The summed E-state index contributed by atoms with van der Waals surface area (Å²) in [5.74, 6) is -0.607. The van der Waals surface area contributed by atoms with Crippen molar-refractivity contribution < 1.29 is 14.3 Å². The van der Waals surface area contributed by atoms with Crippen LogP contribution in [-0.4, -0.2) is 25.0 Å². The second kappa shape index (κ2) is 5.38. The summed E-state index contributed by atoms with van der Waals surface area (Å²) in [6, 6.07) is 5.23. The van der Waals surface area contributed by atoms with Crippen molar-refractivity contribution in [1.82, 2.24) is 0 Å². The molecule has 0 radical (unpaired) electrons. The smallest absolute Gasteiger partial charge is 0.271 e. The molecule has 1 aliphatic heterocycles. The summed E-state index contributed by atoms with van der Waals surface area (Å²) in [5, 5.41) is 0. The molecule has 0 aliphatic carbocycles. The van der Waals surface area contributed by atoms with Gasteiger partial charge in [-0.05, 0) is 17.7 Å². The van der Waals surface area contributed by atoms with Gasteiger partial charge >= 0.3 is 0 Å². The van der Waals surface area contributed by atoms with Crippen LogP contribution in [0.4, 0.5) is 5.69 Å². The summed E-state index contributed by atoms with van der Waals surface area (Å²) in [6.45, 7) is 2.07. The van der Waals surface area contributed by atoms with Gasteiger partial charge in [0.25, 0.3) is 5.91 Å². The molecule has 1 heterocycles. The lowest BCUT2D eigenvalue weighted by Crippen LogP contribution is -2.46. The zero-order valence-electron chi connectivity index (χ0n) is 10.8. The van der Waals surface area contributed by atoms with E-state index in [2.05, 4.69) is 0 Å². The maximum absolute atomic E-state index is 12.2. The number of fused-ring (bicyclic) bond motifs is 1. The van der Waals surface area contributed by atoms with Crippen LogP contribution >= 0.6 is 0 Å². The van der Waals surface area contributed by atoms with Gasteiger partial charge in [-0.25, -0.2) is 4.90 Å². The first-order valence-corrected chi connectivity index (χ1v) is 6.11. The SMILES string of the molecule is CC(CN)C(=O)N1C(=O)COc2ccc(CN)cc21. The number of amides is 2. The van der Waals surface area contributed by atoms with Gasteiger partial charge < -0.3 is 16.2 Å². The number of nitrogens with zero attached hydrogens (tertiary/aromatic N) is 1. The number of hydrogen-bond donors (Lipinski definition) is 2. The Labute approximate surface area is 111 Å². The van der Waals surface area contributed by atoms with Crippen LogP contribution in [-0.2, 0) is 16.1 Å². The monoisotopic (exact) mass is 263 g/mol. The molecular weight excluding hydrogens is 246 g/mol. The molecule has 1 atom stereocenters. The van der Waals surface area contributed by atoms with Gasteiger partial charge in [-0.15, -0.1) is 0 Å². The lowest BCUT2D eigenvalue weighted by atomic mass is 10.1. The third-order valence-corrected chi connectivity index (χ3v) is 3.10. The van der Waals surface area contributed by atoms with Crippen LogP contribution in [0.1, 0.15) is 12.5 Å². The number of imide groups is 1. The Bertz CT molecular complexity index is 516. The first-order chi connectivity index (χ1) is 9.08. The Balaban J connectivity index is 2.44. The maximum Gasteiger partial charge on any atom is 0.271 e. The minimum absolute atomic E-state index is 0.141. The first-order valence-electron chi connectivity index (χ1n) is 6.11. The van der Waals surface area contributed by atoms with Crippen molar-refractivity contribution in [2.24, 2.45) is 17.4 Å². The van der Waals surface area contributed by atoms with Gasteiger partial charge in [0.1, 0.15) is 5.75 Å². The third-order valence-electron chi connectivity index (χ3n) is 3.10. The Kier molecular flexibility index (Phi) is 3.82. The molecule has 6 nitrogen and oxygen atoms in total. The molecule has 0 bridgehead atoms. The molecule has 1 unspecified atom stereocenters. The molecule has 0 saturated heterocycles. The molecule has 2 amide bonds. The number of nitrogens with two attached hydrogens (primary N) is 2. The van der Waals surface area contributed by atoms with Gasteiger partial charge in [-0.1, -0.05) is 13.0 Å². The summed E-state index contributed by atoms with van der Waals surface area (Å²) in [7, 11) is 0. The molecule has 1 aromatic rings. The number of carbonyl (C=O) groups excluding carboxylic acids is 2. The van der Waals surface area contributed by atoms with Gasteiger partial charge in [-0.3, -0.25) is 9.59 Å². The molecule has 102 valence electrons. The Morgan fingerprint density at radius 2 is 2.21 bits per heavy atom. The highest BCUT2D eigenvalue weighted by Crippen LogP contribution is 2.33. The van der Waals surface area contributed by atoms with E-state index in [0.717, 1.165) is 10.5 Å². The number of ether oxygens (including phenoxy) is 1. The Morgan fingerprint density at radius 3 is 2.84 bits per heavy atom. The van der Waals surface area contributed by atoms with E-state index in [9.17, 15) is 9.59 Å². The number of anilines is 1. The largest absolute Gasteiger partial charge is 0.482 e. The minimum atomic E-state index is -0.420. The lowest BCUT2D eigenvalue weighted by Gasteiger charge is -2.29. The average molecular weight is 263 g/mol. The van der Waals surface area contributed by atoms with Crippen LogP contribution in [0.5, 0.6) is 5.75 Å². The van der Waals surface area contributed by atoms with Gasteiger partial charge in [0.05, 0.1) is 5.69 Å². The summed E-state index contributed by atoms with van der Waals surface area (Å²) >= 11 is 0. The van der Waals surface area contributed by atoms with Gasteiger partial charge in [-0.2, -0.15) is 0 Å². The number of carbonyl (C=O) groups is 2. The topological polar surface area (TPSA) is 98.7 Å². The number of benzene rings is 1. The van der Waals surface area contributed by atoms with E-state index in [1.807, 2.05) is 6.07 Å². The van der Waals surface area contributed by atoms with Crippen LogP contribution in [0.25, 0.3) is 0 Å². The van der Waals surface area contributed by atoms with E-state index in [-0.39, 0.29) is 25.0 Å². The normalized spacial score (nSPS) is 15.7. The highest BCUT2D eigenvalue weighted by atomic mass is 16.5. The van der Waals surface area contributed by atoms with E-state index in [1.165, 1.54) is 0 Å². The van der Waals surface area contributed by atoms with Crippen molar-refractivity contribution in [3.8, 4) is 5.75 Å². The molecular formula is C13H17N3O3. The fourth-order valence-corrected chi connectivity index (χ4v) is 1.89. The molecule has 0 fully saturated rings. The molecule has 1 aliphatic rings. The van der Waals surface area contributed by atoms with E-state index in [1.54, 1.807) is 19.1 Å².